The van der Waals surface area contributed by atoms with Gasteiger partial charge in [-0.05, 0) is 36.4 Å². The molecule has 0 saturated carbocycles. The summed E-state index contributed by atoms with van der Waals surface area (Å²) >= 11 is 0. The van der Waals surface area contributed by atoms with Crippen molar-refractivity contribution < 1.29 is 9.59 Å². The number of hydrogen-bond donors (Lipinski definition) is 2. The molecule has 4 rings (SSSR count). The first-order valence-electron chi connectivity index (χ1n) is 9.24. The highest BCUT2D eigenvalue weighted by atomic mass is 16.2. The molecule has 0 aliphatic rings. The molecule has 0 aliphatic heterocycles. The van der Waals surface area contributed by atoms with Gasteiger partial charge in [-0.1, -0.05) is 36.4 Å². The van der Waals surface area contributed by atoms with E-state index in [0.29, 0.717) is 29.8 Å². The van der Waals surface area contributed by atoms with E-state index in [1.807, 2.05) is 34.9 Å². The Bertz CT molecular complexity index is 1150. The average molecular weight is 385 g/mol. The zero-order chi connectivity index (χ0) is 20.1. The zero-order valence-corrected chi connectivity index (χ0v) is 15.6. The van der Waals surface area contributed by atoms with Crippen LogP contribution in [0, 0.1) is 0 Å². The number of aromatic nitrogens is 3. The van der Waals surface area contributed by atoms with Crippen molar-refractivity contribution in [1.29, 1.82) is 0 Å². The maximum atomic E-state index is 12.7. The number of anilines is 1. The van der Waals surface area contributed by atoms with Crippen LogP contribution in [0.4, 0.5) is 5.69 Å². The second kappa shape index (κ2) is 8.35. The van der Waals surface area contributed by atoms with E-state index in [-0.39, 0.29) is 11.8 Å². The molecule has 0 atom stereocenters. The molecule has 0 saturated heterocycles. The molecule has 2 heterocycles. The summed E-state index contributed by atoms with van der Waals surface area (Å²) in [5.41, 5.74) is 2.17. The lowest BCUT2D eigenvalue weighted by Gasteiger charge is -2.11. The van der Waals surface area contributed by atoms with Gasteiger partial charge in [0, 0.05) is 24.7 Å². The number of rotatable bonds is 6. The zero-order valence-electron chi connectivity index (χ0n) is 15.6. The van der Waals surface area contributed by atoms with Crippen LogP contribution in [-0.4, -0.2) is 33.0 Å². The van der Waals surface area contributed by atoms with Gasteiger partial charge in [-0.2, -0.15) is 0 Å². The van der Waals surface area contributed by atoms with E-state index in [0.717, 1.165) is 11.5 Å². The number of para-hydroxylation sites is 1. The van der Waals surface area contributed by atoms with Crippen LogP contribution in [0.25, 0.3) is 5.65 Å². The van der Waals surface area contributed by atoms with Crippen LogP contribution < -0.4 is 10.6 Å². The number of nitrogens with one attached hydrogen (secondary N) is 2. The van der Waals surface area contributed by atoms with Crippen molar-refractivity contribution >= 4 is 23.1 Å². The number of nitrogens with zero attached hydrogens (tertiary/aromatic N) is 3. The number of carbonyl (C=O) groups excluding carboxylic acids is 2. The van der Waals surface area contributed by atoms with E-state index in [9.17, 15) is 9.59 Å². The Kier molecular flexibility index (Phi) is 5.29. The molecule has 0 radical (unpaired) electrons. The molecule has 0 bridgehead atoms. The number of carbonyl (C=O) groups is 2. The summed E-state index contributed by atoms with van der Waals surface area (Å²) in [6.45, 7) is 0.398. The second-order valence-electron chi connectivity index (χ2n) is 6.42. The third kappa shape index (κ3) is 4.14. The number of benzene rings is 2. The van der Waals surface area contributed by atoms with Gasteiger partial charge < -0.3 is 10.6 Å². The first kappa shape index (κ1) is 18.4. The van der Waals surface area contributed by atoms with Gasteiger partial charge in [0.15, 0.2) is 5.65 Å². The summed E-state index contributed by atoms with van der Waals surface area (Å²) < 4.78 is 1.89. The first-order chi connectivity index (χ1) is 14.2. The molecule has 0 spiro atoms. The Labute approximate surface area is 167 Å². The fourth-order valence-corrected chi connectivity index (χ4v) is 3.02. The minimum Gasteiger partial charge on any atom is -0.352 e. The Morgan fingerprint density at radius 3 is 2.45 bits per heavy atom. The van der Waals surface area contributed by atoms with Crippen molar-refractivity contribution in [2.75, 3.05) is 11.9 Å². The molecular formula is C22H19N5O2. The highest BCUT2D eigenvalue weighted by Gasteiger charge is 2.14. The van der Waals surface area contributed by atoms with Gasteiger partial charge >= 0.3 is 0 Å². The number of fused-ring (bicyclic) bond motifs is 1. The van der Waals surface area contributed by atoms with Gasteiger partial charge in [-0.25, -0.2) is 0 Å². The molecule has 7 nitrogen and oxygen atoms in total. The van der Waals surface area contributed by atoms with Crippen molar-refractivity contribution in [3.05, 3.63) is 95.9 Å². The van der Waals surface area contributed by atoms with Crippen LogP contribution in [0.5, 0.6) is 0 Å². The summed E-state index contributed by atoms with van der Waals surface area (Å²) in [4.78, 5) is 25.1. The topological polar surface area (TPSA) is 88.4 Å². The average Bonchev–Trinajstić information content (AvgIpc) is 3.18. The molecule has 29 heavy (non-hydrogen) atoms. The van der Waals surface area contributed by atoms with E-state index >= 15 is 0 Å². The smallest absolute Gasteiger partial charge is 0.255 e. The number of hydrogen-bond acceptors (Lipinski definition) is 4. The highest BCUT2D eigenvalue weighted by molar-refractivity contribution is 6.08. The molecule has 0 unspecified atom stereocenters. The van der Waals surface area contributed by atoms with Crippen LogP contribution >= 0.6 is 0 Å². The van der Waals surface area contributed by atoms with Crippen molar-refractivity contribution in [3.63, 3.8) is 0 Å². The first-order valence-corrected chi connectivity index (χ1v) is 9.24. The largest absolute Gasteiger partial charge is 0.352 e. The monoisotopic (exact) mass is 385 g/mol. The molecular weight excluding hydrogens is 366 g/mol. The minimum absolute atomic E-state index is 0.261. The molecule has 4 aromatic rings. The van der Waals surface area contributed by atoms with Gasteiger partial charge in [0.2, 0.25) is 0 Å². The van der Waals surface area contributed by atoms with Crippen molar-refractivity contribution in [3.8, 4) is 0 Å². The molecule has 2 aromatic carbocycles. The van der Waals surface area contributed by atoms with Crippen LogP contribution in [0.15, 0.2) is 79.0 Å². The van der Waals surface area contributed by atoms with Crippen molar-refractivity contribution in [2.24, 2.45) is 0 Å². The predicted octanol–water partition coefficient (Wildman–Crippen LogP) is 2.95. The molecule has 2 N–H and O–H groups in total. The fourth-order valence-electron chi connectivity index (χ4n) is 3.02. The van der Waals surface area contributed by atoms with Gasteiger partial charge in [0.1, 0.15) is 5.82 Å². The van der Waals surface area contributed by atoms with E-state index in [2.05, 4.69) is 20.8 Å². The SMILES string of the molecule is O=C(Nc1ccccc1C(=O)NCCc1nnc2ccccn12)c1ccccc1. The standard InChI is InChI=1S/C22H19N5O2/c28-21(16-8-2-1-3-9-16)24-18-11-5-4-10-17(18)22(29)23-14-13-20-26-25-19-12-6-7-15-27(19)20/h1-12,15H,13-14H2,(H,23,29)(H,24,28). The minimum atomic E-state index is -0.263. The molecule has 2 amide bonds. The lowest BCUT2D eigenvalue weighted by molar-refractivity contribution is 0.0955. The Hall–Kier alpha value is -4.00. The Balaban J connectivity index is 1.42. The highest BCUT2D eigenvalue weighted by Crippen LogP contribution is 2.16. The molecule has 0 aliphatic carbocycles. The summed E-state index contributed by atoms with van der Waals surface area (Å²) in [5.74, 6) is 0.245. The molecule has 2 aromatic heterocycles. The maximum absolute atomic E-state index is 12.7. The van der Waals surface area contributed by atoms with Crippen LogP contribution in [0.3, 0.4) is 0 Å². The van der Waals surface area contributed by atoms with Gasteiger partial charge in [0.05, 0.1) is 11.3 Å². The quantitative estimate of drug-likeness (QED) is 0.534. The molecule has 7 heteroatoms. The lowest BCUT2D eigenvalue weighted by Crippen LogP contribution is -2.27. The summed E-state index contributed by atoms with van der Waals surface area (Å²) in [6.07, 6.45) is 2.43. The van der Waals surface area contributed by atoms with Crippen LogP contribution in [0.2, 0.25) is 0 Å². The van der Waals surface area contributed by atoms with E-state index < -0.39 is 0 Å². The molecule has 144 valence electrons. The second-order valence-corrected chi connectivity index (χ2v) is 6.42. The summed E-state index contributed by atoms with van der Waals surface area (Å²) in [5, 5.41) is 14.0. The lowest BCUT2D eigenvalue weighted by atomic mass is 10.1. The normalized spacial score (nSPS) is 10.6. The Morgan fingerprint density at radius 2 is 1.59 bits per heavy atom. The van der Waals surface area contributed by atoms with E-state index in [1.165, 1.54) is 0 Å². The number of pyridine rings is 1. The van der Waals surface area contributed by atoms with Crippen LogP contribution in [-0.2, 0) is 6.42 Å². The van der Waals surface area contributed by atoms with E-state index in [1.54, 1.807) is 48.5 Å². The van der Waals surface area contributed by atoms with E-state index in [4.69, 9.17) is 0 Å². The van der Waals surface area contributed by atoms with Gasteiger partial charge in [-0.15, -0.1) is 10.2 Å². The van der Waals surface area contributed by atoms with Crippen molar-refractivity contribution in [1.82, 2.24) is 19.9 Å². The van der Waals surface area contributed by atoms with Crippen molar-refractivity contribution in [2.45, 2.75) is 6.42 Å². The molecule has 0 fully saturated rings. The third-order valence-electron chi connectivity index (χ3n) is 4.47. The van der Waals surface area contributed by atoms with Gasteiger partial charge in [0.25, 0.3) is 11.8 Å². The fraction of sp³-hybridized carbons (Fsp3) is 0.0909. The summed E-state index contributed by atoms with van der Waals surface area (Å²) in [6, 6.07) is 21.5. The maximum Gasteiger partial charge on any atom is 0.255 e. The Morgan fingerprint density at radius 1 is 0.828 bits per heavy atom. The predicted molar refractivity (Wildman–Crippen MR) is 110 cm³/mol. The summed E-state index contributed by atoms with van der Waals surface area (Å²) in [7, 11) is 0. The third-order valence-corrected chi connectivity index (χ3v) is 4.47. The van der Waals surface area contributed by atoms with Crippen LogP contribution in [0.1, 0.15) is 26.5 Å². The number of amides is 2. The van der Waals surface area contributed by atoms with Gasteiger partial charge in [-0.3, -0.25) is 14.0 Å².